The molecule has 0 aliphatic heterocycles. The van der Waals surface area contributed by atoms with Crippen LogP contribution in [0.2, 0.25) is 0 Å². The highest BCUT2D eigenvalue weighted by atomic mass is 35.5. The lowest BCUT2D eigenvalue weighted by Crippen LogP contribution is -2.48. The summed E-state index contributed by atoms with van der Waals surface area (Å²) in [5.41, 5.74) is 1.64. The second-order valence-corrected chi connectivity index (χ2v) is 6.13. The Labute approximate surface area is 124 Å². The zero-order valence-corrected chi connectivity index (χ0v) is 12.9. The fourth-order valence-corrected chi connectivity index (χ4v) is 3.01. The fraction of sp³-hybridized carbons (Fsp3) is 0.467. The van der Waals surface area contributed by atoms with Crippen molar-refractivity contribution >= 4 is 34.2 Å². The van der Waals surface area contributed by atoms with E-state index in [9.17, 15) is 0 Å². The summed E-state index contributed by atoms with van der Waals surface area (Å²) in [6.07, 6.45) is 1.69. The Morgan fingerprint density at radius 3 is 2.68 bits per heavy atom. The molecule has 104 valence electrons. The van der Waals surface area contributed by atoms with Crippen molar-refractivity contribution in [1.29, 1.82) is 0 Å². The molecule has 0 saturated carbocycles. The molecule has 2 rings (SSSR count). The third-order valence-corrected chi connectivity index (χ3v) is 4.84. The molecule has 1 aromatic carbocycles. The summed E-state index contributed by atoms with van der Waals surface area (Å²) in [5, 5.41) is 4.49. The number of rotatable bonds is 5. The van der Waals surface area contributed by atoms with Crippen LogP contribution in [-0.2, 0) is 5.41 Å². The molecule has 0 spiro atoms. The van der Waals surface area contributed by atoms with E-state index in [1.807, 2.05) is 18.2 Å². The smallest absolute Gasteiger partial charge is 0.133 e. The Morgan fingerprint density at radius 1 is 1.32 bits per heavy atom. The number of hydrogen-bond donors (Lipinski definition) is 1. The lowest BCUT2D eigenvalue weighted by atomic mass is 9.77. The Hall–Kier alpha value is -0.700. The minimum Gasteiger partial charge on any atom is -0.464 e. The maximum atomic E-state index is 6.28. The van der Waals surface area contributed by atoms with Crippen LogP contribution in [0.1, 0.15) is 26.3 Å². The number of furan rings is 1. The van der Waals surface area contributed by atoms with E-state index in [0.29, 0.717) is 0 Å². The first-order chi connectivity index (χ1) is 9.00. The van der Waals surface area contributed by atoms with Gasteiger partial charge in [0.15, 0.2) is 0 Å². The fourth-order valence-electron chi connectivity index (χ4n) is 2.38. The molecule has 0 aliphatic rings. The van der Waals surface area contributed by atoms with Gasteiger partial charge in [0.2, 0.25) is 0 Å². The van der Waals surface area contributed by atoms with E-state index in [4.69, 9.17) is 27.6 Å². The molecule has 0 bridgehead atoms. The first-order valence-electron chi connectivity index (χ1n) is 6.49. The van der Waals surface area contributed by atoms with Crippen molar-refractivity contribution in [3.8, 4) is 0 Å². The summed E-state index contributed by atoms with van der Waals surface area (Å²) in [7, 11) is 0. The van der Waals surface area contributed by atoms with Crippen LogP contribution in [0.25, 0.3) is 11.0 Å². The summed E-state index contributed by atoms with van der Waals surface area (Å²) in [4.78, 5) is -0.495. The normalized spacial score (nSPS) is 16.7. The zero-order valence-electron chi connectivity index (χ0n) is 11.4. The van der Waals surface area contributed by atoms with Crippen LogP contribution in [-0.4, -0.2) is 17.4 Å². The SMILES string of the molecule is CCNC(C)C(C)(c1ccc2occc2c1)C(Cl)Cl. The van der Waals surface area contributed by atoms with Crippen molar-refractivity contribution in [3.05, 3.63) is 36.1 Å². The second kappa shape index (κ2) is 5.74. The van der Waals surface area contributed by atoms with Crippen molar-refractivity contribution in [2.45, 2.75) is 37.1 Å². The predicted octanol–water partition coefficient (Wildman–Crippen LogP) is 4.49. The predicted molar refractivity (Wildman–Crippen MR) is 82.2 cm³/mol. The van der Waals surface area contributed by atoms with Gasteiger partial charge in [-0.3, -0.25) is 0 Å². The standard InChI is InChI=1S/C15H19Cl2NO/c1-4-18-10(2)15(3,14(16)17)12-5-6-13-11(9-12)7-8-19-13/h5-10,14,18H,4H2,1-3H3. The highest BCUT2D eigenvalue weighted by molar-refractivity contribution is 6.45. The minimum absolute atomic E-state index is 0.168. The monoisotopic (exact) mass is 299 g/mol. The van der Waals surface area contributed by atoms with E-state index in [2.05, 4.69) is 32.2 Å². The van der Waals surface area contributed by atoms with E-state index >= 15 is 0 Å². The van der Waals surface area contributed by atoms with Crippen LogP contribution in [0.15, 0.2) is 34.9 Å². The van der Waals surface area contributed by atoms with Gasteiger partial charge in [0, 0.05) is 16.8 Å². The molecule has 1 heterocycles. The Kier molecular flexibility index (Phi) is 4.44. The molecule has 2 atom stereocenters. The Balaban J connectivity index is 2.47. The number of hydrogen-bond acceptors (Lipinski definition) is 2. The van der Waals surface area contributed by atoms with Crippen molar-refractivity contribution in [3.63, 3.8) is 0 Å². The molecule has 1 aromatic heterocycles. The molecule has 19 heavy (non-hydrogen) atoms. The highest BCUT2D eigenvalue weighted by Crippen LogP contribution is 2.38. The first kappa shape index (κ1) is 14.7. The van der Waals surface area contributed by atoms with Crippen molar-refractivity contribution < 1.29 is 4.42 Å². The third-order valence-electron chi connectivity index (χ3n) is 3.94. The average Bonchev–Trinajstić information content (AvgIpc) is 2.84. The van der Waals surface area contributed by atoms with Crippen LogP contribution >= 0.6 is 23.2 Å². The molecule has 2 nitrogen and oxygen atoms in total. The highest BCUT2D eigenvalue weighted by Gasteiger charge is 2.39. The number of alkyl halides is 2. The van der Waals surface area contributed by atoms with Gasteiger partial charge in [0.25, 0.3) is 0 Å². The summed E-state index contributed by atoms with van der Waals surface area (Å²) < 4.78 is 5.37. The van der Waals surface area contributed by atoms with Gasteiger partial charge in [0.05, 0.1) is 6.26 Å². The average molecular weight is 300 g/mol. The van der Waals surface area contributed by atoms with Crippen LogP contribution in [0.5, 0.6) is 0 Å². The lowest BCUT2D eigenvalue weighted by molar-refractivity contribution is 0.359. The van der Waals surface area contributed by atoms with Gasteiger partial charge < -0.3 is 9.73 Å². The minimum atomic E-state index is -0.495. The van der Waals surface area contributed by atoms with Gasteiger partial charge >= 0.3 is 0 Å². The molecule has 2 unspecified atom stereocenters. The van der Waals surface area contributed by atoms with Crippen LogP contribution in [0, 0.1) is 0 Å². The Bertz CT molecular complexity index is 552. The molecule has 4 heteroatoms. The number of halogens is 2. The lowest BCUT2D eigenvalue weighted by Gasteiger charge is -2.38. The van der Waals surface area contributed by atoms with E-state index in [0.717, 1.165) is 23.1 Å². The maximum absolute atomic E-state index is 6.28. The van der Waals surface area contributed by atoms with Crippen LogP contribution in [0.4, 0.5) is 0 Å². The van der Waals surface area contributed by atoms with E-state index in [1.54, 1.807) is 6.26 Å². The first-order valence-corrected chi connectivity index (χ1v) is 7.36. The summed E-state index contributed by atoms with van der Waals surface area (Å²) in [6.45, 7) is 7.16. The van der Waals surface area contributed by atoms with Gasteiger partial charge in [-0.05, 0) is 37.2 Å². The van der Waals surface area contributed by atoms with E-state index in [1.165, 1.54) is 0 Å². The largest absolute Gasteiger partial charge is 0.464 e. The summed E-state index contributed by atoms with van der Waals surface area (Å²) in [6, 6.07) is 8.23. The summed E-state index contributed by atoms with van der Waals surface area (Å²) >= 11 is 12.6. The molecule has 0 aliphatic carbocycles. The molecule has 0 radical (unpaired) electrons. The van der Waals surface area contributed by atoms with Crippen LogP contribution < -0.4 is 5.32 Å². The quantitative estimate of drug-likeness (QED) is 0.823. The number of likely N-dealkylation sites (N-methyl/N-ethyl adjacent to an activating group) is 1. The van der Waals surface area contributed by atoms with Gasteiger partial charge in [0.1, 0.15) is 10.4 Å². The number of benzene rings is 1. The zero-order chi connectivity index (χ0) is 14.0. The molecular formula is C15H19Cl2NO. The molecule has 2 aromatic rings. The Morgan fingerprint density at radius 2 is 2.05 bits per heavy atom. The molecule has 0 amide bonds. The van der Waals surface area contributed by atoms with Crippen molar-refractivity contribution in [2.24, 2.45) is 0 Å². The third kappa shape index (κ3) is 2.62. The van der Waals surface area contributed by atoms with Gasteiger partial charge in [-0.2, -0.15) is 0 Å². The number of fused-ring (bicyclic) bond motifs is 1. The number of nitrogens with one attached hydrogen (secondary N) is 1. The van der Waals surface area contributed by atoms with Gasteiger partial charge in [-0.25, -0.2) is 0 Å². The maximum Gasteiger partial charge on any atom is 0.133 e. The topological polar surface area (TPSA) is 25.2 Å². The van der Waals surface area contributed by atoms with Crippen molar-refractivity contribution in [2.75, 3.05) is 6.54 Å². The molecule has 0 saturated heterocycles. The molecular weight excluding hydrogens is 281 g/mol. The summed E-state index contributed by atoms with van der Waals surface area (Å²) in [5.74, 6) is 0. The van der Waals surface area contributed by atoms with E-state index < -0.39 is 4.84 Å². The van der Waals surface area contributed by atoms with Crippen molar-refractivity contribution in [1.82, 2.24) is 5.32 Å². The van der Waals surface area contributed by atoms with E-state index in [-0.39, 0.29) is 11.5 Å². The van der Waals surface area contributed by atoms with Gasteiger partial charge in [-0.1, -0.05) is 19.9 Å². The molecule has 0 fully saturated rings. The molecule has 1 N–H and O–H groups in total. The van der Waals surface area contributed by atoms with Crippen LogP contribution in [0.3, 0.4) is 0 Å². The second-order valence-electron chi connectivity index (χ2n) is 5.04. The van der Waals surface area contributed by atoms with Gasteiger partial charge in [-0.15, -0.1) is 23.2 Å².